The second-order valence-corrected chi connectivity index (χ2v) is 6.62. The highest BCUT2D eigenvalue weighted by molar-refractivity contribution is 5.76. The summed E-state index contributed by atoms with van der Waals surface area (Å²) in [5.74, 6) is 0.0326. The zero-order valence-corrected chi connectivity index (χ0v) is 16.0. The summed E-state index contributed by atoms with van der Waals surface area (Å²) in [4.78, 5) is 14.2. The summed E-state index contributed by atoms with van der Waals surface area (Å²) in [5, 5.41) is 16.2. The Morgan fingerprint density at radius 2 is 1.96 bits per heavy atom. The second kappa shape index (κ2) is 9.04. The molecular formula is C20H27N5O. The van der Waals surface area contributed by atoms with Gasteiger partial charge in [-0.25, -0.2) is 0 Å². The first-order valence-electron chi connectivity index (χ1n) is 8.85. The number of carbonyl (C=O) groups is 1. The van der Waals surface area contributed by atoms with Crippen molar-refractivity contribution in [1.29, 1.82) is 5.26 Å². The smallest absolute Gasteiger partial charge is 0.220 e. The number of nitrogens with zero attached hydrogens (tertiary/aromatic N) is 4. The molecule has 6 heteroatoms. The minimum atomic E-state index is 0.0326. The van der Waals surface area contributed by atoms with Crippen LogP contribution in [-0.2, 0) is 24.3 Å². The normalized spacial score (nSPS) is 10.4. The maximum absolute atomic E-state index is 12.2. The summed E-state index contributed by atoms with van der Waals surface area (Å²) < 4.78 is 1.86. The number of nitrogens with one attached hydrogen (secondary N) is 1. The van der Waals surface area contributed by atoms with E-state index in [4.69, 9.17) is 5.26 Å². The summed E-state index contributed by atoms with van der Waals surface area (Å²) in [6.45, 7) is 5.08. The third kappa shape index (κ3) is 5.09. The summed E-state index contributed by atoms with van der Waals surface area (Å²) in [5.41, 5.74) is 5.31. The van der Waals surface area contributed by atoms with Gasteiger partial charge in [-0.15, -0.1) is 0 Å². The number of hydrogen-bond acceptors (Lipinski definition) is 4. The molecule has 2 aromatic rings. The van der Waals surface area contributed by atoms with Crippen LogP contribution >= 0.6 is 0 Å². The van der Waals surface area contributed by atoms with E-state index in [1.54, 1.807) is 0 Å². The van der Waals surface area contributed by atoms with Crippen molar-refractivity contribution in [2.24, 2.45) is 0 Å². The Morgan fingerprint density at radius 3 is 2.58 bits per heavy atom. The topological polar surface area (TPSA) is 73.9 Å². The lowest BCUT2D eigenvalue weighted by Gasteiger charge is -2.13. The fourth-order valence-electron chi connectivity index (χ4n) is 2.91. The van der Waals surface area contributed by atoms with Gasteiger partial charge in [0.15, 0.2) is 0 Å². The Hall–Kier alpha value is -2.81. The number of aromatic nitrogens is 2. The number of anilines is 1. The lowest BCUT2D eigenvalue weighted by Crippen LogP contribution is -2.23. The van der Waals surface area contributed by atoms with Crippen molar-refractivity contribution in [3.63, 3.8) is 0 Å². The fourth-order valence-corrected chi connectivity index (χ4v) is 2.91. The van der Waals surface area contributed by atoms with Gasteiger partial charge in [0, 0.05) is 38.4 Å². The van der Waals surface area contributed by atoms with Crippen LogP contribution in [-0.4, -0.2) is 29.8 Å². The van der Waals surface area contributed by atoms with Crippen molar-refractivity contribution < 1.29 is 4.79 Å². The average molecular weight is 353 g/mol. The molecule has 0 fully saturated rings. The van der Waals surface area contributed by atoms with E-state index >= 15 is 0 Å². The molecular weight excluding hydrogens is 326 g/mol. The van der Waals surface area contributed by atoms with Crippen LogP contribution in [0.1, 0.15) is 35.4 Å². The quantitative estimate of drug-likeness (QED) is 0.792. The Balaban J connectivity index is 1.85. The summed E-state index contributed by atoms with van der Waals surface area (Å²) >= 11 is 0. The molecule has 2 rings (SSSR count). The predicted octanol–water partition coefficient (Wildman–Crippen LogP) is 2.73. The van der Waals surface area contributed by atoms with E-state index in [0.29, 0.717) is 32.4 Å². The number of rotatable bonds is 8. The second-order valence-electron chi connectivity index (χ2n) is 6.62. The molecule has 26 heavy (non-hydrogen) atoms. The molecule has 1 heterocycles. The van der Waals surface area contributed by atoms with Crippen molar-refractivity contribution in [2.45, 2.75) is 46.2 Å². The molecule has 0 saturated heterocycles. The van der Waals surface area contributed by atoms with Crippen molar-refractivity contribution >= 4 is 11.6 Å². The molecule has 0 aliphatic rings. The zero-order valence-electron chi connectivity index (χ0n) is 16.0. The highest BCUT2D eigenvalue weighted by Gasteiger charge is 2.13. The van der Waals surface area contributed by atoms with Crippen molar-refractivity contribution in [3.05, 3.63) is 46.8 Å². The first kappa shape index (κ1) is 19.5. The van der Waals surface area contributed by atoms with Gasteiger partial charge in [-0.1, -0.05) is 12.1 Å². The van der Waals surface area contributed by atoms with Crippen molar-refractivity contribution in [3.8, 4) is 6.07 Å². The van der Waals surface area contributed by atoms with E-state index in [1.807, 2.05) is 61.8 Å². The maximum Gasteiger partial charge on any atom is 0.220 e. The van der Waals surface area contributed by atoms with Gasteiger partial charge < -0.3 is 10.2 Å². The standard InChI is InChI=1S/C20H27N5O/c1-15-19(16(2)25(23-15)13-5-12-21)10-11-20(26)22-14-17-6-8-18(9-7-17)24(3)4/h6-9H,5,10-11,13-14H2,1-4H3,(H,22,26). The van der Waals surface area contributed by atoms with E-state index in [-0.39, 0.29) is 5.91 Å². The van der Waals surface area contributed by atoms with Crippen LogP contribution in [0.4, 0.5) is 5.69 Å². The molecule has 0 aliphatic heterocycles. The van der Waals surface area contributed by atoms with Gasteiger partial charge in [-0.3, -0.25) is 9.48 Å². The molecule has 1 N–H and O–H groups in total. The van der Waals surface area contributed by atoms with Crippen LogP contribution in [0.15, 0.2) is 24.3 Å². The minimum Gasteiger partial charge on any atom is -0.378 e. The average Bonchev–Trinajstić information content (AvgIpc) is 2.90. The number of aryl methyl sites for hydroxylation is 2. The minimum absolute atomic E-state index is 0.0326. The van der Waals surface area contributed by atoms with Gasteiger partial charge >= 0.3 is 0 Å². The molecule has 0 aliphatic carbocycles. The SMILES string of the molecule is Cc1nn(CCC#N)c(C)c1CCC(=O)NCc1ccc(N(C)C)cc1. The molecule has 1 amide bonds. The van der Waals surface area contributed by atoms with Crippen LogP contribution < -0.4 is 10.2 Å². The predicted molar refractivity (Wildman–Crippen MR) is 103 cm³/mol. The summed E-state index contributed by atoms with van der Waals surface area (Å²) in [6, 6.07) is 10.3. The maximum atomic E-state index is 12.2. The van der Waals surface area contributed by atoms with Gasteiger partial charge in [0.2, 0.25) is 5.91 Å². The first-order chi connectivity index (χ1) is 12.4. The summed E-state index contributed by atoms with van der Waals surface area (Å²) in [6.07, 6.45) is 1.53. The molecule has 1 aromatic heterocycles. The molecule has 0 spiro atoms. The fraction of sp³-hybridized carbons (Fsp3) is 0.450. The summed E-state index contributed by atoms with van der Waals surface area (Å²) in [7, 11) is 4.01. The van der Waals surface area contributed by atoms with Crippen LogP contribution in [0.2, 0.25) is 0 Å². The van der Waals surface area contributed by atoms with Gasteiger partial charge in [0.25, 0.3) is 0 Å². The first-order valence-corrected chi connectivity index (χ1v) is 8.85. The van der Waals surface area contributed by atoms with Crippen LogP contribution in [0, 0.1) is 25.2 Å². The molecule has 0 bridgehead atoms. The lowest BCUT2D eigenvalue weighted by atomic mass is 10.1. The highest BCUT2D eigenvalue weighted by atomic mass is 16.1. The number of benzene rings is 1. The number of carbonyl (C=O) groups excluding carboxylic acids is 1. The van der Waals surface area contributed by atoms with Crippen molar-refractivity contribution in [2.75, 3.05) is 19.0 Å². The Labute approximate surface area is 155 Å². The molecule has 6 nitrogen and oxygen atoms in total. The Kier molecular flexibility index (Phi) is 6.79. The van der Waals surface area contributed by atoms with Gasteiger partial charge in [-0.05, 0) is 43.5 Å². The number of nitriles is 1. The van der Waals surface area contributed by atoms with E-state index in [0.717, 1.165) is 28.2 Å². The Bertz CT molecular complexity index is 784. The number of hydrogen-bond donors (Lipinski definition) is 1. The van der Waals surface area contributed by atoms with Crippen LogP contribution in [0.3, 0.4) is 0 Å². The van der Waals surface area contributed by atoms with E-state index < -0.39 is 0 Å². The Morgan fingerprint density at radius 1 is 1.27 bits per heavy atom. The van der Waals surface area contributed by atoms with Gasteiger partial charge in [-0.2, -0.15) is 10.4 Å². The van der Waals surface area contributed by atoms with Crippen LogP contribution in [0.5, 0.6) is 0 Å². The van der Waals surface area contributed by atoms with Gasteiger partial charge in [0.05, 0.1) is 24.7 Å². The largest absolute Gasteiger partial charge is 0.378 e. The van der Waals surface area contributed by atoms with Crippen LogP contribution in [0.25, 0.3) is 0 Å². The number of amides is 1. The van der Waals surface area contributed by atoms with E-state index in [1.165, 1.54) is 0 Å². The van der Waals surface area contributed by atoms with Crippen molar-refractivity contribution in [1.82, 2.24) is 15.1 Å². The highest BCUT2D eigenvalue weighted by Crippen LogP contribution is 2.16. The molecule has 0 saturated carbocycles. The molecule has 0 radical (unpaired) electrons. The third-order valence-corrected chi connectivity index (χ3v) is 4.51. The zero-order chi connectivity index (χ0) is 19.1. The third-order valence-electron chi connectivity index (χ3n) is 4.51. The molecule has 1 aromatic carbocycles. The monoisotopic (exact) mass is 353 g/mol. The van der Waals surface area contributed by atoms with E-state index in [2.05, 4.69) is 16.5 Å². The van der Waals surface area contributed by atoms with Gasteiger partial charge in [0.1, 0.15) is 0 Å². The molecule has 138 valence electrons. The lowest BCUT2D eigenvalue weighted by molar-refractivity contribution is -0.121. The molecule has 0 atom stereocenters. The van der Waals surface area contributed by atoms with E-state index in [9.17, 15) is 4.79 Å². The molecule has 0 unspecified atom stereocenters.